The Balaban J connectivity index is 0.773. The summed E-state index contributed by atoms with van der Waals surface area (Å²) in [6.07, 6.45) is 1.24. The van der Waals surface area contributed by atoms with E-state index < -0.39 is 66.1 Å². The summed E-state index contributed by atoms with van der Waals surface area (Å²) in [5.74, 6) is -3.39. The Kier molecular flexibility index (Phi) is 9.66. The Labute approximate surface area is 349 Å². The number of piperidine rings is 3. The Bertz CT molecular complexity index is 2420. The third-order valence-corrected chi connectivity index (χ3v) is 14.6. The van der Waals surface area contributed by atoms with Crippen molar-refractivity contribution in [2.45, 2.75) is 89.0 Å². The van der Waals surface area contributed by atoms with Gasteiger partial charge in [-0.1, -0.05) is 18.2 Å². The summed E-state index contributed by atoms with van der Waals surface area (Å²) < 4.78 is 74.5. The number of amides is 4. The van der Waals surface area contributed by atoms with E-state index >= 15 is 8.78 Å². The second kappa shape index (κ2) is 14.7. The van der Waals surface area contributed by atoms with E-state index in [1.807, 2.05) is 41.3 Å². The highest BCUT2D eigenvalue weighted by atomic mass is 19.4. The summed E-state index contributed by atoms with van der Waals surface area (Å²) >= 11 is 0. The maximum absolute atomic E-state index is 16.3. The number of carbonyl (C=O) groups excluding carboxylic acids is 4. The molecule has 3 atom stereocenters. The number of aromatic amines is 1. The first-order chi connectivity index (χ1) is 29.1. The molecule has 3 aromatic carbocycles. The van der Waals surface area contributed by atoms with Gasteiger partial charge in [-0.3, -0.25) is 34.3 Å². The number of H-pyrrole nitrogens is 1. The predicted molar refractivity (Wildman–Crippen MR) is 216 cm³/mol. The quantitative estimate of drug-likeness (QED) is 0.162. The number of fused-ring (bicyclic) bond motifs is 5. The highest BCUT2D eigenvalue weighted by Crippen LogP contribution is 2.46. The third kappa shape index (κ3) is 7.01. The molecular weight excluding hydrogens is 796 g/mol. The Hall–Kier alpha value is -5.15. The molecule has 10 nitrogen and oxygen atoms in total. The number of alkyl halides is 3. The number of hydrogen-bond acceptors (Lipinski definition) is 7. The minimum Gasteiger partial charge on any atom is -0.371 e. The molecule has 5 aliphatic heterocycles. The molecule has 6 aliphatic rings. The van der Waals surface area contributed by atoms with E-state index in [2.05, 4.69) is 15.2 Å². The maximum atomic E-state index is 16.3. The molecule has 1 aliphatic carbocycles. The molecule has 320 valence electrons. The molecule has 3 saturated heterocycles. The molecule has 4 aromatic rings. The van der Waals surface area contributed by atoms with Crippen molar-refractivity contribution < 1.29 is 41.1 Å². The number of aromatic nitrogens is 1. The van der Waals surface area contributed by atoms with Crippen molar-refractivity contribution in [2.24, 2.45) is 11.3 Å². The molecule has 3 fully saturated rings. The minimum atomic E-state index is -4.57. The van der Waals surface area contributed by atoms with E-state index in [1.165, 1.54) is 12.1 Å². The number of nitrogens with one attached hydrogen (secondary N) is 2. The van der Waals surface area contributed by atoms with Crippen molar-refractivity contribution in [3.63, 3.8) is 0 Å². The number of imide groups is 2. The Morgan fingerprint density at radius 2 is 1.44 bits per heavy atom. The lowest BCUT2D eigenvalue weighted by molar-refractivity contribution is -0.155. The average Bonchev–Trinajstić information content (AvgIpc) is 3.86. The number of halogens is 5. The van der Waals surface area contributed by atoms with E-state index in [4.69, 9.17) is 0 Å². The zero-order valence-corrected chi connectivity index (χ0v) is 33.8. The van der Waals surface area contributed by atoms with Crippen LogP contribution in [0.15, 0.2) is 48.5 Å². The Morgan fingerprint density at radius 3 is 2.07 bits per heavy atom. The fraction of sp³-hybridized carbons (Fsp3) is 0.478. The highest BCUT2D eigenvalue weighted by molar-refractivity contribution is 6.23. The van der Waals surface area contributed by atoms with Crippen LogP contribution in [0.25, 0.3) is 10.9 Å². The van der Waals surface area contributed by atoms with Crippen molar-refractivity contribution in [3.8, 4) is 0 Å². The van der Waals surface area contributed by atoms with Crippen molar-refractivity contribution in [1.82, 2.24) is 25.0 Å². The van der Waals surface area contributed by atoms with Crippen molar-refractivity contribution in [1.29, 1.82) is 0 Å². The van der Waals surface area contributed by atoms with Crippen LogP contribution in [0.4, 0.5) is 27.6 Å². The minimum absolute atomic E-state index is 0.0733. The molecule has 1 aromatic heterocycles. The van der Waals surface area contributed by atoms with Crippen LogP contribution in [0.3, 0.4) is 0 Å². The lowest BCUT2D eigenvalue weighted by Gasteiger charge is -2.48. The van der Waals surface area contributed by atoms with Crippen LogP contribution in [0.2, 0.25) is 0 Å². The molecule has 0 bridgehead atoms. The van der Waals surface area contributed by atoms with Crippen LogP contribution in [0, 0.1) is 23.0 Å². The molecule has 0 saturated carbocycles. The van der Waals surface area contributed by atoms with Crippen LogP contribution >= 0.6 is 0 Å². The van der Waals surface area contributed by atoms with Crippen molar-refractivity contribution in [3.05, 3.63) is 99.2 Å². The number of para-hydroxylation sites is 1. The fourth-order valence-corrected chi connectivity index (χ4v) is 11.4. The smallest absolute Gasteiger partial charge is 0.371 e. The number of nitrogens with zero attached hydrogens (tertiary/aromatic N) is 4. The van der Waals surface area contributed by atoms with E-state index in [1.54, 1.807) is 6.92 Å². The number of anilines is 1. The molecule has 15 heteroatoms. The van der Waals surface area contributed by atoms with Gasteiger partial charge in [0.15, 0.2) is 0 Å². The van der Waals surface area contributed by atoms with Crippen molar-refractivity contribution >= 4 is 40.2 Å². The van der Waals surface area contributed by atoms with Gasteiger partial charge in [0.2, 0.25) is 11.8 Å². The summed E-state index contributed by atoms with van der Waals surface area (Å²) in [6, 6.07) is 10.7. The van der Waals surface area contributed by atoms with Gasteiger partial charge in [0.25, 0.3) is 11.8 Å². The summed E-state index contributed by atoms with van der Waals surface area (Å²) in [6.45, 7) is 4.34. The van der Waals surface area contributed by atoms with E-state index in [0.29, 0.717) is 47.9 Å². The summed E-state index contributed by atoms with van der Waals surface area (Å²) in [5.41, 5.74) is 4.77. The number of benzene rings is 3. The molecular formula is C46H47F5N6O4. The fourth-order valence-electron chi connectivity index (χ4n) is 11.4. The first-order valence-electron chi connectivity index (χ1n) is 21.4. The second-order valence-corrected chi connectivity index (χ2v) is 18.3. The largest absolute Gasteiger partial charge is 0.401 e. The van der Waals surface area contributed by atoms with Gasteiger partial charge < -0.3 is 14.8 Å². The van der Waals surface area contributed by atoms with Gasteiger partial charge in [0, 0.05) is 59.9 Å². The van der Waals surface area contributed by atoms with Crippen LogP contribution < -0.4 is 10.2 Å². The molecule has 10 rings (SSSR count). The monoisotopic (exact) mass is 842 g/mol. The molecule has 61 heavy (non-hydrogen) atoms. The standard InChI is InChI=1S/C46H47F5N6O4/c1-25-16-31-30-4-2-3-5-36(30)52-40(31)41(56(25)24-46(49,50)51)39-34(47)21-29(22-35(39)48)55-14-10-45(11-15-55)8-12-54(13-9-45)23-26-17-27-19-32-33(20-28(27)18-26)44(61)57(43(32)60)37-6-7-38(58)53-42(37)59/h2-5,19-22,25-26,37,41,52H,6-18,23-24H2,1H3,(H,53,58,59). The SMILES string of the molecule is CC1Cc2c([nH]c3ccccc23)C(c2c(F)cc(N3CCC4(CCN(CC5Cc6cc7c(cc6C5)C(=O)N(C5CCC(=O)NC5=O)C7=O)CC4)CC3)cc2F)N1CC(F)(F)F. The van der Waals surface area contributed by atoms with E-state index in [9.17, 15) is 32.3 Å². The first-order valence-corrected chi connectivity index (χ1v) is 21.4. The first kappa shape index (κ1) is 40.0. The predicted octanol–water partition coefficient (Wildman–Crippen LogP) is 6.84. The second-order valence-electron chi connectivity index (χ2n) is 18.3. The van der Waals surface area contributed by atoms with Crippen molar-refractivity contribution in [2.75, 3.05) is 44.2 Å². The summed E-state index contributed by atoms with van der Waals surface area (Å²) in [5, 5.41) is 3.08. The number of rotatable bonds is 6. The lowest BCUT2D eigenvalue weighted by atomic mass is 9.71. The van der Waals surface area contributed by atoms with E-state index in [0.717, 1.165) is 95.6 Å². The van der Waals surface area contributed by atoms with Crippen LogP contribution in [0.5, 0.6) is 0 Å². The lowest BCUT2D eigenvalue weighted by Crippen LogP contribution is -2.54. The highest BCUT2D eigenvalue weighted by Gasteiger charge is 2.47. The zero-order chi connectivity index (χ0) is 42.5. The van der Waals surface area contributed by atoms with Gasteiger partial charge >= 0.3 is 6.18 Å². The number of likely N-dealkylation sites (tertiary alicyclic amines) is 1. The van der Waals surface area contributed by atoms with Crippen LogP contribution in [0.1, 0.15) is 100 Å². The van der Waals surface area contributed by atoms with Crippen LogP contribution in [-0.4, -0.2) is 101 Å². The average molecular weight is 843 g/mol. The molecule has 2 N–H and O–H groups in total. The van der Waals surface area contributed by atoms with Gasteiger partial charge in [0.1, 0.15) is 17.7 Å². The zero-order valence-electron chi connectivity index (χ0n) is 33.8. The number of hydrogen-bond donors (Lipinski definition) is 2. The molecule has 0 radical (unpaired) electrons. The van der Waals surface area contributed by atoms with E-state index in [-0.39, 0.29) is 23.8 Å². The van der Waals surface area contributed by atoms with Gasteiger partial charge in [-0.05, 0) is 130 Å². The summed E-state index contributed by atoms with van der Waals surface area (Å²) in [7, 11) is 0. The topological polar surface area (TPSA) is 109 Å². The number of carbonyl (C=O) groups is 4. The van der Waals surface area contributed by atoms with Crippen LogP contribution in [-0.2, 0) is 28.9 Å². The van der Waals surface area contributed by atoms with Gasteiger partial charge in [-0.2, -0.15) is 13.2 Å². The molecule has 6 heterocycles. The molecule has 4 amide bonds. The Morgan fingerprint density at radius 1 is 0.820 bits per heavy atom. The van der Waals surface area contributed by atoms with Gasteiger partial charge in [-0.15, -0.1) is 0 Å². The maximum Gasteiger partial charge on any atom is 0.401 e. The normalized spacial score (nSPS) is 24.8. The molecule has 1 spiro atoms. The third-order valence-electron chi connectivity index (χ3n) is 14.6. The summed E-state index contributed by atoms with van der Waals surface area (Å²) in [4.78, 5) is 60.7. The van der Waals surface area contributed by atoms with Gasteiger partial charge in [-0.25, -0.2) is 8.78 Å². The van der Waals surface area contributed by atoms with Gasteiger partial charge in [0.05, 0.1) is 23.7 Å². The molecule has 3 unspecified atom stereocenters.